The first kappa shape index (κ1) is 16.0. The van der Waals surface area contributed by atoms with Gasteiger partial charge in [-0.05, 0) is 13.3 Å². The summed E-state index contributed by atoms with van der Waals surface area (Å²) in [6.07, 6.45) is 6.72. The first-order chi connectivity index (χ1) is 12.1. The Hall–Kier alpha value is -2.45. The van der Waals surface area contributed by atoms with E-state index in [1.54, 1.807) is 10.9 Å². The van der Waals surface area contributed by atoms with E-state index in [9.17, 15) is 0 Å². The molecule has 0 spiro atoms. The molecule has 1 saturated heterocycles. The summed E-state index contributed by atoms with van der Waals surface area (Å²) in [7, 11) is 3.81. The maximum atomic E-state index is 5.94. The highest BCUT2D eigenvalue weighted by atomic mass is 16.5. The number of nitrogens with zero attached hydrogens (tertiary/aromatic N) is 5. The highest BCUT2D eigenvalue weighted by Gasteiger charge is 2.31. The monoisotopic (exact) mass is 342 g/mol. The van der Waals surface area contributed by atoms with Crippen LogP contribution in [0.2, 0.25) is 0 Å². The van der Waals surface area contributed by atoms with E-state index in [4.69, 9.17) is 9.26 Å². The zero-order valence-corrected chi connectivity index (χ0v) is 14.6. The van der Waals surface area contributed by atoms with Crippen molar-refractivity contribution in [2.75, 3.05) is 6.61 Å². The molecule has 132 valence electrons. The Morgan fingerprint density at radius 1 is 1.28 bits per heavy atom. The van der Waals surface area contributed by atoms with Crippen molar-refractivity contribution in [3.05, 3.63) is 41.7 Å². The summed E-state index contributed by atoms with van der Waals surface area (Å²) in [6.45, 7) is 3.37. The minimum absolute atomic E-state index is 0.0226. The summed E-state index contributed by atoms with van der Waals surface area (Å²) >= 11 is 0. The lowest BCUT2D eigenvalue weighted by Crippen LogP contribution is -2.31. The average Bonchev–Trinajstić information content (AvgIpc) is 3.32. The van der Waals surface area contributed by atoms with E-state index in [0.717, 1.165) is 41.3 Å². The molecule has 1 fully saturated rings. The fourth-order valence-electron chi connectivity index (χ4n) is 3.32. The van der Waals surface area contributed by atoms with Gasteiger partial charge in [0, 0.05) is 56.3 Å². The lowest BCUT2D eigenvalue weighted by atomic mass is 10.0. The average molecular weight is 342 g/mol. The van der Waals surface area contributed by atoms with Crippen molar-refractivity contribution in [2.24, 2.45) is 14.1 Å². The van der Waals surface area contributed by atoms with Crippen LogP contribution in [0.15, 0.2) is 29.2 Å². The zero-order chi connectivity index (χ0) is 17.4. The van der Waals surface area contributed by atoms with Crippen LogP contribution in [-0.4, -0.2) is 37.4 Å². The van der Waals surface area contributed by atoms with Gasteiger partial charge >= 0.3 is 0 Å². The van der Waals surface area contributed by atoms with Crippen LogP contribution in [0.3, 0.4) is 0 Å². The molecule has 1 aliphatic heterocycles. The van der Waals surface area contributed by atoms with Crippen molar-refractivity contribution in [1.82, 2.24) is 30.0 Å². The smallest absolute Gasteiger partial charge is 0.151 e. The second-order valence-corrected chi connectivity index (χ2v) is 6.49. The van der Waals surface area contributed by atoms with Gasteiger partial charge in [0.1, 0.15) is 11.8 Å². The highest BCUT2D eigenvalue weighted by Crippen LogP contribution is 2.31. The zero-order valence-electron chi connectivity index (χ0n) is 14.6. The van der Waals surface area contributed by atoms with Crippen LogP contribution in [0.25, 0.3) is 11.3 Å². The van der Waals surface area contributed by atoms with E-state index in [2.05, 4.69) is 20.7 Å². The molecule has 3 aromatic heterocycles. The Morgan fingerprint density at radius 2 is 2.16 bits per heavy atom. The maximum Gasteiger partial charge on any atom is 0.151 e. The van der Waals surface area contributed by atoms with Crippen LogP contribution in [-0.2, 0) is 25.4 Å². The standard InChI is InChI=1S/C17H22N6O2/c1-11-14(10-23(3)20-11)17-15(4-5-24-17)18-8-13-6-16(21-25-13)12-7-19-22(2)9-12/h6-7,9-10,15,17-18H,4-5,8H2,1-3H3/t15-,17+/m0/s1. The van der Waals surface area contributed by atoms with Crippen LogP contribution >= 0.6 is 0 Å². The molecule has 2 atom stereocenters. The minimum Gasteiger partial charge on any atom is -0.372 e. The third-order valence-electron chi connectivity index (χ3n) is 4.55. The third-order valence-corrected chi connectivity index (χ3v) is 4.55. The largest absolute Gasteiger partial charge is 0.372 e. The minimum atomic E-state index is 0.0226. The van der Waals surface area contributed by atoms with Crippen LogP contribution < -0.4 is 5.32 Å². The predicted molar refractivity (Wildman–Crippen MR) is 90.6 cm³/mol. The van der Waals surface area contributed by atoms with Crippen LogP contribution in [0.1, 0.15) is 29.5 Å². The Kier molecular flexibility index (Phi) is 4.14. The van der Waals surface area contributed by atoms with Crippen molar-refractivity contribution >= 4 is 0 Å². The van der Waals surface area contributed by atoms with Crippen LogP contribution in [0.4, 0.5) is 0 Å². The number of rotatable bonds is 5. The van der Waals surface area contributed by atoms with Gasteiger partial charge in [0.05, 0.1) is 18.4 Å². The number of aromatic nitrogens is 5. The molecule has 0 saturated carbocycles. The van der Waals surface area contributed by atoms with Crippen molar-refractivity contribution < 1.29 is 9.26 Å². The molecule has 1 N–H and O–H groups in total. The maximum absolute atomic E-state index is 5.94. The van der Waals surface area contributed by atoms with Gasteiger partial charge in [-0.15, -0.1) is 0 Å². The number of hydrogen-bond donors (Lipinski definition) is 1. The molecule has 8 nitrogen and oxygen atoms in total. The molecule has 1 aliphatic rings. The van der Waals surface area contributed by atoms with Crippen molar-refractivity contribution in [2.45, 2.75) is 32.0 Å². The van der Waals surface area contributed by atoms with Gasteiger partial charge in [-0.2, -0.15) is 10.2 Å². The summed E-state index contributed by atoms with van der Waals surface area (Å²) in [5.74, 6) is 0.799. The number of aryl methyl sites for hydroxylation is 3. The molecule has 0 amide bonds. The first-order valence-electron chi connectivity index (χ1n) is 8.40. The normalized spacial score (nSPS) is 20.4. The quantitative estimate of drug-likeness (QED) is 0.760. The van der Waals surface area contributed by atoms with Crippen molar-refractivity contribution in [3.63, 3.8) is 0 Å². The SMILES string of the molecule is Cc1nn(C)cc1[C@H]1OCC[C@@H]1NCc1cc(-c2cnn(C)c2)no1. The second kappa shape index (κ2) is 6.45. The van der Waals surface area contributed by atoms with Gasteiger partial charge in [0.15, 0.2) is 5.76 Å². The molecular formula is C17H22N6O2. The number of hydrogen-bond acceptors (Lipinski definition) is 6. The molecule has 0 unspecified atom stereocenters. The molecule has 3 aromatic rings. The Morgan fingerprint density at radius 3 is 2.88 bits per heavy atom. The van der Waals surface area contributed by atoms with E-state index in [1.807, 2.05) is 44.2 Å². The van der Waals surface area contributed by atoms with Gasteiger partial charge in [-0.3, -0.25) is 9.36 Å². The lowest BCUT2D eigenvalue weighted by Gasteiger charge is -2.18. The summed E-state index contributed by atoms with van der Waals surface area (Å²) in [5, 5.41) is 16.2. The summed E-state index contributed by atoms with van der Waals surface area (Å²) < 4.78 is 15.0. The molecule has 25 heavy (non-hydrogen) atoms. The van der Waals surface area contributed by atoms with Crippen molar-refractivity contribution in [3.8, 4) is 11.3 Å². The fraction of sp³-hybridized carbons (Fsp3) is 0.471. The molecular weight excluding hydrogens is 320 g/mol. The fourth-order valence-corrected chi connectivity index (χ4v) is 3.32. The number of nitrogens with one attached hydrogen (secondary N) is 1. The van der Waals surface area contributed by atoms with Gasteiger partial charge in [-0.1, -0.05) is 5.16 Å². The van der Waals surface area contributed by atoms with Crippen LogP contribution in [0.5, 0.6) is 0 Å². The first-order valence-corrected chi connectivity index (χ1v) is 8.40. The topological polar surface area (TPSA) is 82.9 Å². The molecule has 0 aromatic carbocycles. The van der Waals surface area contributed by atoms with E-state index >= 15 is 0 Å². The lowest BCUT2D eigenvalue weighted by molar-refractivity contribution is 0.0974. The van der Waals surface area contributed by atoms with E-state index < -0.39 is 0 Å². The molecule has 0 bridgehead atoms. The second-order valence-electron chi connectivity index (χ2n) is 6.49. The Bertz CT molecular complexity index is 864. The van der Waals surface area contributed by atoms with Gasteiger partial charge in [0.25, 0.3) is 0 Å². The molecule has 0 aliphatic carbocycles. The summed E-state index contributed by atoms with van der Waals surface area (Å²) in [5.41, 5.74) is 3.91. The van der Waals surface area contributed by atoms with Gasteiger partial charge in [-0.25, -0.2) is 0 Å². The molecule has 4 heterocycles. The van der Waals surface area contributed by atoms with E-state index in [1.165, 1.54) is 0 Å². The van der Waals surface area contributed by atoms with Gasteiger partial charge in [0.2, 0.25) is 0 Å². The Balaban J connectivity index is 1.42. The van der Waals surface area contributed by atoms with Crippen molar-refractivity contribution in [1.29, 1.82) is 0 Å². The highest BCUT2D eigenvalue weighted by molar-refractivity contribution is 5.56. The van der Waals surface area contributed by atoms with Gasteiger partial charge < -0.3 is 14.6 Å². The predicted octanol–water partition coefficient (Wildman–Crippen LogP) is 1.74. The van der Waals surface area contributed by atoms with E-state index in [-0.39, 0.29) is 12.1 Å². The van der Waals surface area contributed by atoms with E-state index in [0.29, 0.717) is 6.54 Å². The summed E-state index contributed by atoms with van der Waals surface area (Å²) in [6, 6.07) is 2.18. The summed E-state index contributed by atoms with van der Waals surface area (Å²) in [4.78, 5) is 0. The third kappa shape index (κ3) is 3.22. The number of ether oxygens (including phenoxy) is 1. The molecule has 0 radical (unpaired) electrons. The Labute approximate surface area is 145 Å². The molecule has 8 heteroatoms. The molecule has 4 rings (SSSR count). The van der Waals surface area contributed by atoms with Crippen LogP contribution in [0, 0.1) is 6.92 Å².